The lowest BCUT2D eigenvalue weighted by Crippen LogP contribution is -2.57. The Bertz CT molecular complexity index is 495. The molecule has 0 aliphatic carbocycles. The van der Waals surface area contributed by atoms with E-state index in [2.05, 4.69) is 0 Å². The van der Waals surface area contributed by atoms with Crippen molar-refractivity contribution in [3.63, 3.8) is 0 Å². The molecule has 116 valence electrons. The lowest BCUT2D eigenvalue weighted by atomic mass is 10.0. The van der Waals surface area contributed by atoms with Crippen molar-refractivity contribution in [3.8, 4) is 0 Å². The van der Waals surface area contributed by atoms with E-state index >= 15 is 0 Å². The van der Waals surface area contributed by atoms with E-state index in [1.54, 1.807) is 0 Å². The Kier molecular flexibility index (Phi) is 5.14. The number of benzene rings is 1. The molecule has 5 atom stereocenters. The number of ether oxygens (including phenoxy) is 1. The molecule has 9 heteroatoms. The van der Waals surface area contributed by atoms with Gasteiger partial charge in [0.2, 0.25) is 0 Å². The van der Waals surface area contributed by atoms with E-state index in [9.17, 15) is 25.4 Å². The molecule has 0 aromatic heterocycles. The third kappa shape index (κ3) is 3.51. The molecule has 1 aliphatic heterocycles. The van der Waals surface area contributed by atoms with Crippen LogP contribution < -0.4 is 0 Å². The van der Waals surface area contributed by atoms with Crippen molar-refractivity contribution >= 4 is 17.4 Å². The molecule has 8 nitrogen and oxygen atoms in total. The number of non-ortho nitro benzene ring substituents is 1. The highest BCUT2D eigenvalue weighted by molar-refractivity contribution is 7.99. The summed E-state index contributed by atoms with van der Waals surface area (Å²) in [5.41, 5.74) is -0.963. The molecule has 1 heterocycles. The largest absolute Gasteiger partial charge is 0.394 e. The van der Waals surface area contributed by atoms with E-state index < -0.39 is 41.4 Å². The van der Waals surface area contributed by atoms with Crippen LogP contribution in [0.2, 0.25) is 0 Å². The standard InChI is InChI=1S/C12H15NO7S/c14-5-8-9(15)10(16)11(17)12(20-8)21-7-3-1-6(2-4-7)13(18)19/h1-4,8-12,14-17H,5H2/t8-,9+,10+,11-,12-/m0/s1. The topological polar surface area (TPSA) is 133 Å². The van der Waals surface area contributed by atoms with E-state index in [-0.39, 0.29) is 5.69 Å². The highest BCUT2D eigenvalue weighted by Crippen LogP contribution is 2.33. The quantitative estimate of drug-likeness (QED) is 0.431. The summed E-state index contributed by atoms with van der Waals surface area (Å²) in [5.74, 6) is 0. The normalized spacial score (nSPS) is 32.9. The summed E-state index contributed by atoms with van der Waals surface area (Å²) in [6.45, 7) is -0.498. The predicted molar refractivity (Wildman–Crippen MR) is 72.7 cm³/mol. The van der Waals surface area contributed by atoms with Crippen molar-refractivity contribution in [1.82, 2.24) is 0 Å². The van der Waals surface area contributed by atoms with Gasteiger partial charge in [0.15, 0.2) is 0 Å². The first kappa shape index (κ1) is 16.1. The van der Waals surface area contributed by atoms with Gasteiger partial charge >= 0.3 is 0 Å². The van der Waals surface area contributed by atoms with Crippen LogP contribution in [0.1, 0.15) is 0 Å². The predicted octanol–water partition coefficient (Wildman–Crippen LogP) is -0.513. The van der Waals surface area contributed by atoms with Gasteiger partial charge in [0, 0.05) is 17.0 Å². The molecule has 1 aromatic rings. The van der Waals surface area contributed by atoms with Gasteiger partial charge in [0.05, 0.1) is 11.5 Å². The average molecular weight is 317 g/mol. The first-order valence-corrected chi connectivity index (χ1v) is 7.03. The number of nitrogens with zero attached hydrogens (tertiary/aromatic N) is 1. The van der Waals surface area contributed by atoms with Crippen LogP contribution >= 0.6 is 11.8 Å². The summed E-state index contributed by atoms with van der Waals surface area (Å²) in [7, 11) is 0. The van der Waals surface area contributed by atoms with Gasteiger partial charge in [-0.1, -0.05) is 11.8 Å². The molecule has 1 aliphatic rings. The maximum Gasteiger partial charge on any atom is 0.269 e. The van der Waals surface area contributed by atoms with Crippen LogP contribution in [0.3, 0.4) is 0 Å². The maximum absolute atomic E-state index is 10.6. The Balaban J connectivity index is 2.08. The van der Waals surface area contributed by atoms with Crippen molar-refractivity contribution in [1.29, 1.82) is 0 Å². The molecular formula is C12H15NO7S. The number of thioether (sulfide) groups is 1. The molecule has 0 bridgehead atoms. The van der Waals surface area contributed by atoms with Gasteiger partial charge in [-0.3, -0.25) is 10.1 Å². The van der Waals surface area contributed by atoms with E-state index in [1.165, 1.54) is 24.3 Å². The zero-order valence-electron chi connectivity index (χ0n) is 10.8. The van der Waals surface area contributed by atoms with E-state index in [1.807, 2.05) is 0 Å². The Hall–Kier alpha value is -1.23. The number of rotatable bonds is 4. The van der Waals surface area contributed by atoms with Gasteiger partial charge in [0.1, 0.15) is 29.9 Å². The third-order valence-electron chi connectivity index (χ3n) is 3.15. The average Bonchev–Trinajstić information content (AvgIpc) is 2.48. The fourth-order valence-electron chi connectivity index (χ4n) is 1.95. The zero-order valence-corrected chi connectivity index (χ0v) is 11.6. The summed E-state index contributed by atoms with van der Waals surface area (Å²) in [4.78, 5) is 10.6. The Labute approximate surface area is 124 Å². The second-order valence-electron chi connectivity index (χ2n) is 4.57. The number of aliphatic hydroxyl groups excluding tert-OH is 4. The molecule has 1 fully saturated rings. The molecule has 4 N–H and O–H groups in total. The van der Waals surface area contributed by atoms with Gasteiger partial charge in [0.25, 0.3) is 5.69 Å². The number of hydrogen-bond donors (Lipinski definition) is 4. The fourth-order valence-corrected chi connectivity index (χ4v) is 3.01. The van der Waals surface area contributed by atoms with Crippen molar-refractivity contribution in [2.45, 2.75) is 34.7 Å². The molecule has 0 spiro atoms. The molecular weight excluding hydrogens is 302 g/mol. The van der Waals surface area contributed by atoms with E-state index in [0.717, 1.165) is 11.8 Å². The summed E-state index contributed by atoms with van der Waals surface area (Å²) in [6, 6.07) is 5.60. The molecule has 1 aromatic carbocycles. The smallest absolute Gasteiger partial charge is 0.269 e. The second kappa shape index (κ2) is 6.69. The van der Waals surface area contributed by atoms with E-state index in [0.29, 0.717) is 4.90 Å². The van der Waals surface area contributed by atoms with Crippen LogP contribution in [0.15, 0.2) is 29.2 Å². The number of nitro groups is 1. The summed E-state index contributed by atoms with van der Waals surface area (Å²) in [6.07, 6.45) is -5.16. The molecule has 1 saturated heterocycles. The summed E-state index contributed by atoms with van der Waals surface area (Å²) >= 11 is 1.04. The van der Waals surface area contributed by atoms with Gasteiger partial charge < -0.3 is 25.2 Å². The molecule has 21 heavy (non-hydrogen) atoms. The molecule has 0 unspecified atom stereocenters. The summed E-state index contributed by atoms with van der Waals surface area (Å²) in [5, 5.41) is 48.9. The Morgan fingerprint density at radius 1 is 1.14 bits per heavy atom. The van der Waals surface area contributed by atoms with Gasteiger partial charge in [-0.15, -0.1) is 0 Å². The van der Waals surface area contributed by atoms with Crippen LogP contribution in [0.4, 0.5) is 5.69 Å². The SMILES string of the molecule is O=[N+]([O-])c1ccc(S[C@@H]2O[C@@H](CO)[C@@H](O)[C@@H](O)[C@@H]2O)cc1. The third-order valence-corrected chi connectivity index (χ3v) is 4.31. The van der Waals surface area contributed by atoms with Gasteiger partial charge in [-0.25, -0.2) is 0 Å². The Morgan fingerprint density at radius 2 is 1.76 bits per heavy atom. The van der Waals surface area contributed by atoms with Crippen LogP contribution in [0.5, 0.6) is 0 Å². The van der Waals surface area contributed by atoms with Crippen LogP contribution in [0.25, 0.3) is 0 Å². The highest BCUT2D eigenvalue weighted by Gasteiger charge is 2.43. The van der Waals surface area contributed by atoms with Crippen LogP contribution in [-0.2, 0) is 4.74 Å². The number of nitro benzene ring substituents is 1. The molecule has 0 radical (unpaired) electrons. The summed E-state index contributed by atoms with van der Waals surface area (Å²) < 4.78 is 5.33. The van der Waals surface area contributed by atoms with E-state index in [4.69, 9.17) is 9.84 Å². The second-order valence-corrected chi connectivity index (χ2v) is 5.74. The highest BCUT2D eigenvalue weighted by atomic mass is 32.2. The van der Waals surface area contributed by atoms with Crippen molar-refractivity contribution < 1.29 is 30.1 Å². The Morgan fingerprint density at radius 3 is 2.29 bits per heavy atom. The first-order valence-electron chi connectivity index (χ1n) is 6.15. The number of aliphatic hydroxyl groups is 4. The van der Waals surface area contributed by atoms with Crippen molar-refractivity contribution in [3.05, 3.63) is 34.4 Å². The minimum Gasteiger partial charge on any atom is -0.394 e. The minimum absolute atomic E-state index is 0.0619. The zero-order chi connectivity index (χ0) is 15.6. The van der Waals surface area contributed by atoms with Gasteiger partial charge in [-0.2, -0.15) is 0 Å². The van der Waals surface area contributed by atoms with Crippen LogP contribution in [0, 0.1) is 10.1 Å². The molecule has 2 rings (SSSR count). The monoisotopic (exact) mass is 317 g/mol. The van der Waals surface area contributed by atoms with Crippen LogP contribution in [-0.4, -0.2) is 61.8 Å². The van der Waals surface area contributed by atoms with Crippen molar-refractivity contribution in [2.75, 3.05) is 6.61 Å². The molecule has 0 amide bonds. The van der Waals surface area contributed by atoms with Crippen molar-refractivity contribution in [2.24, 2.45) is 0 Å². The number of hydrogen-bond acceptors (Lipinski definition) is 8. The molecule has 0 saturated carbocycles. The van der Waals surface area contributed by atoms with Gasteiger partial charge in [-0.05, 0) is 12.1 Å². The minimum atomic E-state index is -1.44. The fraction of sp³-hybridized carbons (Fsp3) is 0.500. The lowest BCUT2D eigenvalue weighted by Gasteiger charge is -2.39. The maximum atomic E-state index is 10.6. The first-order chi connectivity index (χ1) is 9.93. The lowest BCUT2D eigenvalue weighted by molar-refractivity contribution is -0.384.